The van der Waals surface area contributed by atoms with Crippen LogP contribution in [0.25, 0.3) is 0 Å². The molecule has 1 saturated heterocycles. The lowest BCUT2D eigenvalue weighted by molar-refractivity contribution is -0.157. The third-order valence-corrected chi connectivity index (χ3v) is 4.04. The first-order valence-corrected chi connectivity index (χ1v) is 7.23. The highest BCUT2D eigenvalue weighted by molar-refractivity contribution is 6.00. The van der Waals surface area contributed by atoms with Gasteiger partial charge < -0.3 is 10.2 Å². The molecule has 1 fully saturated rings. The average Bonchev–Trinajstić information content (AvgIpc) is 2.48. The maximum atomic E-state index is 12.6. The van der Waals surface area contributed by atoms with Crippen LogP contribution in [0.2, 0.25) is 0 Å². The minimum atomic E-state index is -0.917. The molecule has 0 aliphatic carbocycles. The van der Waals surface area contributed by atoms with E-state index in [1.54, 1.807) is 4.90 Å². The summed E-state index contributed by atoms with van der Waals surface area (Å²) in [6.45, 7) is 6.36. The molecule has 2 atom stereocenters. The SMILES string of the molecule is CCCN1C(=O)C(CC)NC(=O)C1(C)c1ccccc1. The topological polar surface area (TPSA) is 49.4 Å². The number of hydrogen-bond donors (Lipinski definition) is 1. The van der Waals surface area contributed by atoms with Crippen LogP contribution in [0.5, 0.6) is 0 Å². The van der Waals surface area contributed by atoms with Crippen LogP contribution in [-0.2, 0) is 15.1 Å². The van der Waals surface area contributed by atoms with Crippen molar-refractivity contribution in [3.05, 3.63) is 35.9 Å². The number of carbonyl (C=O) groups is 2. The summed E-state index contributed by atoms with van der Waals surface area (Å²) >= 11 is 0. The highest BCUT2D eigenvalue weighted by Gasteiger charge is 2.49. The molecule has 20 heavy (non-hydrogen) atoms. The minimum Gasteiger partial charge on any atom is -0.342 e. The van der Waals surface area contributed by atoms with Crippen LogP contribution in [0.4, 0.5) is 0 Å². The molecular weight excluding hydrogens is 252 g/mol. The molecule has 0 saturated carbocycles. The van der Waals surface area contributed by atoms with Crippen molar-refractivity contribution in [3.63, 3.8) is 0 Å². The number of hydrogen-bond acceptors (Lipinski definition) is 2. The first kappa shape index (κ1) is 14.6. The van der Waals surface area contributed by atoms with E-state index < -0.39 is 11.6 Å². The van der Waals surface area contributed by atoms with Gasteiger partial charge in [0, 0.05) is 6.54 Å². The van der Waals surface area contributed by atoms with Crippen LogP contribution in [0.15, 0.2) is 30.3 Å². The fourth-order valence-corrected chi connectivity index (χ4v) is 2.78. The van der Waals surface area contributed by atoms with E-state index >= 15 is 0 Å². The largest absolute Gasteiger partial charge is 0.342 e. The second kappa shape index (κ2) is 5.65. The highest BCUT2D eigenvalue weighted by Crippen LogP contribution is 2.32. The van der Waals surface area contributed by atoms with E-state index in [-0.39, 0.29) is 11.8 Å². The van der Waals surface area contributed by atoms with Gasteiger partial charge in [-0.05, 0) is 25.3 Å². The van der Waals surface area contributed by atoms with Crippen molar-refractivity contribution < 1.29 is 9.59 Å². The zero-order chi connectivity index (χ0) is 14.8. The number of rotatable bonds is 4. The molecule has 0 spiro atoms. The van der Waals surface area contributed by atoms with Gasteiger partial charge in [-0.2, -0.15) is 0 Å². The lowest BCUT2D eigenvalue weighted by Crippen LogP contribution is -2.67. The number of piperazine rings is 1. The summed E-state index contributed by atoms with van der Waals surface area (Å²) in [5, 5.41) is 2.86. The first-order valence-electron chi connectivity index (χ1n) is 7.23. The van der Waals surface area contributed by atoms with E-state index in [0.29, 0.717) is 13.0 Å². The second-order valence-corrected chi connectivity index (χ2v) is 5.36. The van der Waals surface area contributed by atoms with Crippen molar-refractivity contribution >= 4 is 11.8 Å². The number of carbonyl (C=O) groups excluding carboxylic acids is 2. The maximum absolute atomic E-state index is 12.6. The molecule has 1 aromatic carbocycles. The minimum absolute atomic E-state index is 0.0142. The molecule has 2 amide bonds. The van der Waals surface area contributed by atoms with Crippen LogP contribution in [0.1, 0.15) is 39.2 Å². The molecular formula is C16H22N2O2. The Bertz CT molecular complexity index is 500. The monoisotopic (exact) mass is 274 g/mol. The van der Waals surface area contributed by atoms with Gasteiger partial charge >= 0.3 is 0 Å². The van der Waals surface area contributed by atoms with E-state index in [0.717, 1.165) is 12.0 Å². The molecule has 2 unspecified atom stereocenters. The summed E-state index contributed by atoms with van der Waals surface area (Å²) in [6.07, 6.45) is 1.45. The Labute approximate surface area is 120 Å². The van der Waals surface area contributed by atoms with Crippen LogP contribution in [-0.4, -0.2) is 29.3 Å². The summed E-state index contributed by atoms with van der Waals surface area (Å²) in [4.78, 5) is 26.9. The number of nitrogens with zero attached hydrogens (tertiary/aromatic N) is 1. The standard InChI is InChI=1S/C16H22N2O2/c1-4-11-18-14(19)13(5-2)17-15(20)16(18,3)12-9-7-6-8-10-12/h6-10,13H,4-5,11H2,1-3H3,(H,17,20). The zero-order valence-corrected chi connectivity index (χ0v) is 12.3. The highest BCUT2D eigenvalue weighted by atomic mass is 16.2. The summed E-state index contributed by atoms with van der Waals surface area (Å²) in [5.74, 6) is -0.0797. The molecule has 0 aromatic heterocycles. The first-order chi connectivity index (χ1) is 9.55. The predicted octanol–water partition coefficient (Wildman–Crippen LogP) is 2.05. The van der Waals surface area contributed by atoms with Gasteiger partial charge in [0.2, 0.25) is 5.91 Å². The van der Waals surface area contributed by atoms with E-state index in [2.05, 4.69) is 5.32 Å². The third-order valence-electron chi connectivity index (χ3n) is 4.04. The maximum Gasteiger partial charge on any atom is 0.251 e. The van der Waals surface area contributed by atoms with E-state index in [1.807, 2.05) is 51.1 Å². The van der Waals surface area contributed by atoms with Crippen molar-refractivity contribution in [2.75, 3.05) is 6.54 Å². The van der Waals surface area contributed by atoms with E-state index in [9.17, 15) is 9.59 Å². The van der Waals surface area contributed by atoms with Gasteiger partial charge in [0.15, 0.2) is 0 Å². The second-order valence-electron chi connectivity index (χ2n) is 5.36. The molecule has 1 N–H and O–H groups in total. The zero-order valence-electron chi connectivity index (χ0n) is 12.3. The molecule has 1 aliphatic rings. The molecule has 4 nitrogen and oxygen atoms in total. The fraction of sp³-hybridized carbons (Fsp3) is 0.500. The van der Waals surface area contributed by atoms with Crippen molar-refractivity contribution in [3.8, 4) is 0 Å². The van der Waals surface area contributed by atoms with Gasteiger partial charge in [0.05, 0.1) is 0 Å². The quantitative estimate of drug-likeness (QED) is 0.913. The summed E-state index contributed by atoms with van der Waals surface area (Å²) in [7, 11) is 0. The Kier molecular flexibility index (Phi) is 4.12. The molecule has 108 valence electrons. The number of benzene rings is 1. The molecule has 1 aromatic rings. The Hall–Kier alpha value is -1.84. The van der Waals surface area contributed by atoms with Crippen molar-refractivity contribution in [2.24, 2.45) is 0 Å². The lowest BCUT2D eigenvalue weighted by Gasteiger charge is -2.46. The Morgan fingerprint density at radius 2 is 1.85 bits per heavy atom. The Morgan fingerprint density at radius 3 is 2.40 bits per heavy atom. The Balaban J connectivity index is 2.48. The van der Waals surface area contributed by atoms with Gasteiger partial charge in [0.1, 0.15) is 11.6 Å². The van der Waals surface area contributed by atoms with Crippen molar-refractivity contribution in [2.45, 2.75) is 45.2 Å². The normalized spacial score (nSPS) is 26.6. The van der Waals surface area contributed by atoms with Gasteiger partial charge in [-0.15, -0.1) is 0 Å². The third kappa shape index (κ3) is 2.19. The molecule has 1 aliphatic heterocycles. The van der Waals surface area contributed by atoms with Crippen LogP contribution < -0.4 is 5.32 Å². The van der Waals surface area contributed by atoms with Crippen LogP contribution in [0, 0.1) is 0 Å². The van der Waals surface area contributed by atoms with E-state index in [1.165, 1.54) is 0 Å². The smallest absolute Gasteiger partial charge is 0.251 e. The van der Waals surface area contributed by atoms with Gasteiger partial charge in [-0.1, -0.05) is 44.2 Å². The average molecular weight is 274 g/mol. The number of nitrogens with one attached hydrogen (secondary N) is 1. The number of amides is 2. The summed E-state index contributed by atoms with van der Waals surface area (Å²) < 4.78 is 0. The van der Waals surface area contributed by atoms with Gasteiger partial charge in [-0.25, -0.2) is 0 Å². The molecule has 0 bridgehead atoms. The molecule has 1 heterocycles. The van der Waals surface area contributed by atoms with Crippen LogP contribution in [0.3, 0.4) is 0 Å². The van der Waals surface area contributed by atoms with Crippen LogP contribution >= 0.6 is 0 Å². The van der Waals surface area contributed by atoms with Gasteiger partial charge in [-0.3, -0.25) is 9.59 Å². The summed E-state index contributed by atoms with van der Waals surface area (Å²) in [5.41, 5.74) is -0.0612. The lowest BCUT2D eigenvalue weighted by atomic mass is 9.85. The predicted molar refractivity (Wildman–Crippen MR) is 78.0 cm³/mol. The van der Waals surface area contributed by atoms with Crippen molar-refractivity contribution in [1.29, 1.82) is 0 Å². The fourth-order valence-electron chi connectivity index (χ4n) is 2.78. The van der Waals surface area contributed by atoms with E-state index in [4.69, 9.17) is 0 Å². The Morgan fingerprint density at radius 1 is 1.20 bits per heavy atom. The van der Waals surface area contributed by atoms with Crippen molar-refractivity contribution in [1.82, 2.24) is 10.2 Å². The van der Waals surface area contributed by atoms with Gasteiger partial charge in [0.25, 0.3) is 5.91 Å². The molecule has 0 radical (unpaired) electrons. The molecule has 2 rings (SSSR count). The molecule has 4 heteroatoms. The summed E-state index contributed by atoms with van der Waals surface area (Å²) in [6, 6.07) is 9.12.